The molecule has 0 aromatic rings. The minimum atomic E-state index is -1.80. The van der Waals surface area contributed by atoms with E-state index >= 15 is 0 Å². The number of carbonyl (C=O) groups is 9. The fourth-order valence-electron chi connectivity index (χ4n) is 5.19. The summed E-state index contributed by atoms with van der Waals surface area (Å²) in [5.74, 6) is -10.7. The quantitative estimate of drug-likeness (QED) is 0.0198. The summed E-state index contributed by atoms with van der Waals surface area (Å²) in [4.78, 5) is 122. The third kappa shape index (κ3) is 22.3. The van der Waals surface area contributed by atoms with Crippen LogP contribution in [0.5, 0.6) is 0 Å². The van der Waals surface area contributed by atoms with Gasteiger partial charge < -0.3 is 76.5 Å². The maximum Gasteiger partial charge on any atom is 0.326 e. The molecule has 7 atom stereocenters. The van der Waals surface area contributed by atoms with Gasteiger partial charge in [-0.25, -0.2) is 4.79 Å². The van der Waals surface area contributed by atoms with Gasteiger partial charge in [-0.05, 0) is 50.9 Å². The van der Waals surface area contributed by atoms with Crippen molar-refractivity contribution in [3.63, 3.8) is 0 Å². The molecule has 0 bridgehead atoms. The van der Waals surface area contributed by atoms with Crippen molar-refractivity contribution in [3.8, 4) is 0 Å². The highest BCUT2D eigenvalue weighted by molar-refractivity contribution is 5.98. The van der Waals surface area contributed by atoms with E-state index < -0.39 is 114 Å². The molecule has 25 nitrogen and oxygen atoms in total. The van der Waals surface area contributed by atoms with Crippen LogP contribution in [0.4, 0.5) is 0 Å². The van der Waals surface area contributed by atoms with Crippen LogP contribution in [0.1, 0.15) is 79.6 Å². The molecule has 0 spiro atoms. The van der Waals surface area contributed by atoms with Gasteiger partial charge >= 0.3 is 11.9 Å². The van der Waals surface area contributed by atoms with E-state index in [1.807, 2.05) is 0 Å². The largest absolute Gasteiger partial charge is 0.481 e. The maximum atomic E-state index is 13.8. The fraction of sp³-hybridized carbons (Fsp3) is 0.676. The number of primary amides is 1. The summed E-state index contributed by atoms with van der Waals surface area (Å²) in [6.07, 6.45) is -1.14. The summed E-state index contributed by atoms with van der Waals surface area (Å²) in [6, 6.07) is -9.86. The van der Waals surface area contributed by atoms with Crippen molar-refractivity contribution in [2.45, 2.75) is 122 Å². The molecular weight excluding hydrogens is 780 g/mol. The van der Waals surface area contributed by atoms with Crippen molar-refractivity contribution in [2.24, 2.45) is 56.2 Å². The maximum absolute atomic E-state index is 13.8. The number of nitrogens with one attached hydrogen (secondary N) is 6. The molecule has 0 aromatic heterocycles. The van der Waals surface area contributed by atoms with Crippen LogP contribution in [0.25, 0.3) is 0 Å². The predicted octanol–water partition coefficient (Wildman–Crippen LogP) is -5.51. The molecule has 0 radical (unpaired) electrons. The standard InChI is InChI=1S/C34H62N14O11/c1-15(2)12-20(30(56)48-25(16(3)4)31(57)47-22(32(58)59)14-24(50)51)46-28(54)19(9-7-11-42-34(39)40)44-29(55)21(13-23(36)49)45-26(52)17(5)43-27(53)18(35)8-6-10-41-33(37)38/h15-22,25H,6-14,35H2,1-5H3,(H2,36,49)(H,43,53)(H,44,55)(H,45,52)(H,46,54)(H,47,57)(H,48,56)(H,50,51)(H,58,59)(H4,37,38,41)(H4,39,40,42)/t17-,18-,19-,20-,21-,22-,25-/m0/s1. The van der Waals surface area contributed by atoms with Crippen LogP contribution in [0.15, 0.2) is 9.98 Å². The van der Waals surface area contributed by atoms with Gasteiger partial charge in [-0.15, -0.1) is 0 Å². The smallest absolute Gasteiger partial charge is 0.326 e. The van der Waals surface area contributed by atoms with Gasteiger partial charge in [-0.3, -0.25) is 48.3 Å². The second-order valence-electron chi connectivity index (χ2n) is 14.4. The molecule has 0 aliphatic rings. The van der Waals surface area contributed by atoms with Gasteiger partial charge in [-0.1, -0.05) is 27.7 Å². The van der Waals surface area contributed by atoms with Crippen molar-refractivity contribution >= 4 is 65.2 Å². The molecule has 0 aliphatic carbocycles. The summed E-state index contributed by atoms with van der Waals surface area (Å²) in [5, 5.41) is 32.8. The topological polar surface area (TPSA) is 447 Å². The monoisotopic (exact) mass is 842 g/mol. The zero-order valence-electron chi connectivity index (χ0n) is 34.0. The lowest BCUT2D eigenvalue weighted by molar-refractivity contribution is -0.147. The Balaban J connectivity index is 6.25. The number of rotatable bonds is 28. The van der Waals surface area contributed by atoms with E-state index in [0.29, 0.717) is 6.42 Å². The highest BCUT2D eigenvalue weighted by Gasteiger charge is 2.35. The highest BCUT2D eigenvalue weighted by atomic mass is 16.4. The van der Waals surface area contributed by atoms with Gasteiger partial charge in [0, 0.05) is 13.1 Å². The lowest BCUT2D eigenvalue weighted by atomic mass is 9.99. The van der Waals surface area contributed by atoms with Crippen molar-refractivity contribution in [3.05, 3.63) is 0 Å². The molecule has 0 unspecified atom stereocenters. The van der Waals surface area contributed by atoms with Gasteiger partial charge in [0.05, 0.1) is 18.9 Å². The molecule has 7 amide bonds. The molecule has 59 heavy (non-hydrogen) atoms. The minimum Gasteiger partial charge on any atom is -0.481 e. The summed E-state index contributed by atoms with van der Waals surface area (Å²) < 4.78 is 0. The van der Waals surface area contributed by atoms with E-state index in [1.165, 1.54) is 6.92 Å². The number of carboxylic acids is 2. The minimum absolute atomic E-state index is 0.0113. The van der Waals surface area contributed by atoms with E-state index in [-0.39, 0.29) is 56.6 Å². The van der Waals surface area contributed by atoms with E-state index in [1.54, 1.807) is 27.7 Å². The Morgan fingerprint density at radius 3 is 1.49 bits per heavy atom. The lowest BCUT2D eigenvalue weighted by Gasteiger charge is -2.28. The number of hydrogen-bond acceptors (Lipinski definition) is 12. The first-order valence-corrected chi connectivity index (χ1v) is 18.8. The van der Waals surface area contributed by atoms with Gasteiger partial charge in [0.15, 0.2) is 11.9 Å². The summed E-state index contributed by atoms with van der Waals surface area (Å²) in [6.45, 7) is 8.08. The third-order valence-corrected chi connectivity index (χ3v) is 8.25. The van der Waals surface area contributed by atoms with Crippen LogP contribution in [-0.4, -0.2) is 131 Å². The van der Waals surface area contributed by atoms with Gasteiger partial charge in [0.25, 0.3) is 0 Å². The average Bonchev–Trinajstić information content (AvgIpc) is 3.11. The van der Waals surface area contributed by atoms with Crippen molar-refractivity contribution in [1.82, 2.24) is 31.9 Å². The first kappa shape index (κ1) is 52.7. The van der Waals surface area contributed by atoms with E-state index in [4.69, 9.17) is 39.5 Å². The molecule has 0 fully saturated rings. The number of aliphatic imine (C=N–C) groups is 2. The van der Waals surface area contributed by atoms with E-state index in [0.717, 1.165) is 0 Å². The molecule has 0 rings (SSSR count). The highest BCUT2D eigenvalue weighted by Crippen LogP contribution is 2.11. The normalized spacial score (nSPS) is 14.4. The van der Waals surface area contributed by atoms with Crippen LogP contribution in [0.3, 0.4) is 0 Å². The predicted molar refractivity (Wildman–Crippen MR) is 213 cm³/mol. The third-order valence-electron chi connectivity index (χ3n) is 8.25. The summed E-state index contributed by atoms with van der Waals surface area (Å²) in [5.41, 5.74) is 32.6. The van der Waals surface area contributed by atoms with Crippen molar-refractivity contribution in [2.75, 3.05) is 13.1 Å². The number of nitrogens with zero attached hydrogens (tertiary/aromatic N) is 2. The van der Waals surface area contributed by atoms with E-state index in [2.05, 4.69) is 41.9 Å². The van der Waals surface area contributed by atoms with Crippen LogP contribution in [0, 0.1) is 11.8 Å². The summed E-state index contributed by atoms with van der Waals surface area (Å²) >= 11 is 0. The molecule has 20 N–H and O–H groups in total. The molecular formula is C34H62N14O11. The Labute approximate surface area is 341 Å². The van der Waals surface area contributed by atoms with Gasteiger partial charge in [0.2, 0.25) is 41.4 Å². The number of nitrogens with two attached hydrogens (primary N) is 6. The number of amides is 7. The molecule has 25 heteroatoms. The SMILES string of the molecule is CC(C)C[C@H](NC(=O)[C@H](CCCN=C(N)N)NC(=O)[C@H](CC(N)=O)NC(=O)[C@H](C)NC(=O)[C@@H](N)CCCN=C(N)N)C(=O)N[C@H](C(=O)N[C@@H](CC(=O)O)C(=O)O)C(C)C. The van der Waals surface area contributed by atoms with E-state index in [9.17, 15) is 48.3 Å². The summed E-state index contributed by atoms with van der Waals surface area (Å²) in [7, 11) is 0. The number of aliphatic carboxylic acids is 2. The zero-order chi connectivity index (χ0) is 45.6. The number of carbonyl (C=O) groups excluding carboxylic acids is 7. The van der Waals surface area contributed by atoms with Crippen LogP contribution in [-0.2, 0) is 43.2 Å². The molecule has 0 aromatic carbocycles. The Kier molecular flexibility index (Phi) is 23.8. The van der Waals surface area contributed by atoms with Crippen molar-refractivity contribution in [1.29, 1.82) is 0 Å². The molecule has 0 aliphatic heterocycles. The first-order chi connectivity index (χ1) is 27.3. The van der Waals surface area contributed by atoms with Gasteiger partial charge in [-0.2, -0.15) is 0 Å². The molecule has 334 valence electrons. The lowest BCUT2D eigenvalue weighted by Crippen LogP contribution is -2.60. The van der Waals surface area contributed by atoms with Crippen molar-refractivity contribution < 1.29 is 53.4 Å². The number of guanidine groups is 2. The Bertz CT molecular complexity index is 1550. The average molecular weight is 843 g/mol. The number of hydrogen-bond donors (Lipinski definition) is 14. The first-order valence-electron chi connectivity index (χ1n) is 18.8. The second-order valence-corrected chi connectivity index (χ2v) is 14.4. The van der Waals surface area contributed by atoms with Crippen LogP contribution in [0.2, 0.25) is 0 Å². The van der Waals surface area contributed by atoms with Crippen LogP contribution < -0.4 is 66.3 Å². The zero-order valence-corrected chi connectivity index (χ0v) is 34.0. The molecule has 0 saturated carbocycles. The Hall–Kier alpha value is -6.27. The molecule has 0 saturated heterocycles. The second kappa shape index (κ2) is 26.6. The van der Waals surface area contributed by atoms with Crippen LogP contribution >= 0.6 is 0 Å². The van der Waals surface area contributed by atoms with Gasteiger partial charge in [0.1, 0.15) is 36.3 Å². The number of carboxylic acid groups (broad SMARTS) is 2. The Morgan fingerprint density at radius 1 is 0.542 bits per heavy atom. The molecule has 0 heterocycles. The Morgan fingerprint density at radius 2 is 1.02 bits per heavy atom. The fourth-order valence-corrected chi connectivity index (χ4v) is 5.19.